The van der Waals surface area contributed by atoms with Crippen LogP contribution in [0.15, 0.2) is 106 Å². The van der Waals surface area contributed by atoms with Crippen LogP contribution in [0.5, 0.6) is 0 Å². The van der Waals surface area contributed by atoms with E-state index in [0.717, 1.165) is 40.7 Å². The number of unbranched alkanes of at least 4 members (excludes halogenated alkanes) is 2. The van der Waals surface area contributed by atoms with Gasteiger partial charge in [-0.3, -0.25) is 13.9 Å². The van der Waals surface area contributed by atoms with E-state index in [-0.39, 0.29) is 35.6 Å². The maximum absolute atomic E-state index is 12.5. The summed E-state index contributed by atoms with van der Waals surface area (Å²) in [6, 6.07) is 15.5. The second-order valence-corrected chi connectivity index (χ2v) is 21.0. The molecule has 4 aromatic rings. The van der Waals surface area contributed by atoms with E-state index in [1.807, 2.05) is 49.6 Å². The van der Waals surface area contributed by atoms with Gasteiger partial charge in [0, 0.05) is 63.8 Å². The van der Waals surface area contributed by atoms with E-state index in [9.17, 15) is 43.7 Å². The van der Waals surface area contributed by atoms with Crippen molar-refractivity contribution in [3.05, 3.63) is 107 Å². The molecule has 2 aliphatic rings. The first-order chi connectivity index (χ1) is 27.5. The molecule has 0 fully saturated rings. The molecule has 0 unspecified atom stereocenters. The third-order valence-corrected chi connectivity index (χ3v) is 14.4. The Morgan fingerprint density at radius 3 is 2.22 bits per heavy atom. The quantitative estimate of drug-likeness (QED) is 0.0426. The lowest BCUT2D eigenvalue weighted by Gasteiger charge is -2.27. The molecule has 0 bridgehead atoms. The second-order valence-electron chi connectivity index (χ2n) is 15.7. The lowest BCUT2D eigenvalue weighted by Crippen LogP contribution is -2.28. The highest BCUT2D eigenvalue weighted by atomic mass is 32.2. The van der Waals surface area contributed by atoms with Crippen LogP contribution < -0.4 is 4.90 Å². The van der Waals surface area contributed by atoms with Crippen molar-refractivity contribution in [1.29, 1.82) is 0 Å². The van der Waals surface area contributed by atoms with Gasteiger partial charge in [-0.15, -0.1) is 11.3 Å². The number of carboxylic acid groups (broad SMARTS) is 1. The maximum atomic E-state index is 12.5. The van der Waals surface area contributed by atoms with Crippen molar-refractivity contribution in [2.75, 3.05) is 23.7 Å². The Hall–Kier alpha value is -4.49. The van der Waals surface area contributed by atoms with Crippen molar-refractivity contribution in [2.45, 2.75) is 80.4 Å². The molecule has 3 heterocycles. The summed E-state index contributed by atoms with van der Waals surface area (Å²) in [5.41, 5.74) is 4.82. The van der Waals surface area contributed by atoms with E-state index in [1.165, 1.54) is 11.6 Å². The van der Waals surface area contributed by atoms with Crippen LogP contribution in [0.1, 0.15) is 70.9 Å². The minimum Gasteiger partial charge on any atom is -0.748 e. The van der Waals surface area contributed by atoms with Crippen molar-refractivity contribution in [3.8, 4) is 10.4 Å². The fourth-order valence-corrected chi connectivity index (χ4v) is 10.7. The van der Waals surface area contributed by atoms with E-state index in [4.69, 9.17) is 5.11 Å². The van der Waals surface area contributed by atoms with Crippen molar-refractivity contribution >= 4 is 75.5 Å². The molecule has 0 atom stereocenters. The average Bonchev–Trinajstić information content (AvgIpc) is 3.80. The number of hydrogen-bond acceptors (Lipinski definition) is 10. The molecular formula is C42H46N2O11S4. The third kappa shape index (κ3) is 9.31. The van der Waals surface area contributed by atoms with E-state index in [0.29, 0.717) is 36.0 Å². The molecule has 0 radical (unpaired) electrons. The molecule has 0 saturated carbocycles. The number of thiophene rings is 1. The van der Waals surface area contributed by atoms with E-state index in [2.05, 4.69) is 43.0 Å². The van der Waals surface area contributed by atoms with Crippen LogP contribution in [-0.2, 0) is 46.0 Å². The van der Waals surface area contributed by atoms with Gasteiger partial charge in [-0.1, -0.05) is 62.8 Å². The number of carbonyl (C=O) groups is 1. The van der Waals surface area contributed by atoms with Gasteiger partial charge in [0.1, 0.15) is 11.4 Å². The number of rotatable bonds is 16. The van der Waals surface area contributed by atoms with Crippen molar-refractivity contribution in [1.82, 2.24) is 0 Å². The molecule has 0 saturated heterocycles. The number of benzene rings is 3. The second kappa shape index (κ2) is 16.5. The first kappa shape index (κ1) is 44.1. The van der Waals surface area contributed by atoms with Gasteiger partial charge in [-0.25, -0.2) is 8.42 Å². The molecule has 0 aliphatic carbocycles. The minimum atomic E-state index is -4.98. The SMILES string of the molecule is CC1(C)C(/C=C/C=C/C=C2/N(CCCCCC(=O)O)c3ccc(-c4cccs4)cc3C2(C)C)=[N+](CCCS(=O)(=O)[O-])c2c1ccc1c(S(=O)(=O)O)cc(S(=O)(=O)O)cc21. The zero-order valence-corrected chi connectivity index (χ0v) is 36.2. The number of carboxylic acids is 1. The molecule has 314 valence electrons. The topological polar surface area (TPSA) is 209 Å². The zero-order valence-electron chi connectivity index (χ0n) is 33.0. The Labute approximate surface area is 349 Å². The standard InChI is InChI=1S/C42H46N2O11S4/c1-41(2)32-19-18-30-31(26-29(58(50,51)52)27-36(30)59(53,54)55)40(32)44(22-12-24-57(47,48)49)38(41)15-8-5-7-14-37-42(3,4)33-25-28(35-13-11-23-56-35)17-20-34(33)43(37)21-10-6-9-16-39(45)46/h5,7-8,11,13-15,17-20,23,25-27H,6,9-10,12,16,21-22,24H2,1-4H3,(H3-,45,46,47,48,49,50,51,52,53,54,55). The fourth-order valence-electron chi connectivity index (χ4n) is 8.14. The molecule has 3 aromatic carbocycles. The smallest absolute Gasteiger partial charge is 0.303 e. The van der Waals surface area contributed by atoms with E-state index in [1.54, 1.807) is 28.1 Å². The molecular weight excluding hydrogens is 837 g/mol. The third-order valence-electron chi connectivity index (χ3n) is 11.0. The highest BCUT2D eigenvalue weighted by molar-refractivity contribution is 7.87. The highest BCUT2D eigenvalue weighted by Crippen LogP contribution is 2.50. The van der Waals surface area contributed by atoms with Gasteiger partial charge >= 0.3 is 5.97 Å². The van der Waals surface area contributed by atoms with Crippen LogP contribution >= 0.6 is 11.3 Å². The van der Waals surface area contributed by atoms with E-state index < -0.39 is 57.3 Å². The Kier molecular flexibility index (Phi) is 12.3. The van der Waals surface area contributed by atoms with Gasteiger partial charge in [0.05, 0.1) is 25.8 Å². The predicted octanol–water partition coefficient (Wildman–Crippen LogP) is 7.81. The first-order valence-corrected chi connectivity index (χ1v) is 24.2. The molecule has 6 rings (SSSR count). The summed E-state index contributed by atoms with van der Waals surface area (Å²) in [6.45, 7) is 8.78. The summed E-state index contributed by atoms with van der Waals surface area (Å²) in [7, 11) is -14.5. The summed E-state index contributed by atoms with van der Waals surface area (Å²) in [4.78, 5) is 13.1. The molecule has 59 heavy (non-hydrogen) atoms. The van der Waals surface area contributed by atoms with Gasteiger partial charge < -0.3 is 14.6 Å². The molecule has 0 amide bonds. The summed E-state index contributed by atoms with van der Waals surface area (Å²) in [5, 5.41) is 11.2. The lowest BCUT2D eigenvalue weighted by molar-refractivity contribution is -0.435. The maximum Gasteiger partial charge on any atom is 0.303 e. The Balaban J connectivity index is 1.41. The largest absolute Gasteiger partial charge is 0.748 e. The molecule has 1 aromatic heterocycles. The van der Waals surface area contributed by atoms with Crippen LogP contribution in [-0.4, -0.2) is 79.1 Å². The fraction of sp³-hybridized carbons (Fsp3) is 0.333. The molecule has 17 heteroatoms. The molecule has 3 N–H and O–H groups in total. The van der Waals surface area contributed by atoms with Crippen LogP contribution in [0.3, 0.4) is 0 Å². The van der Waals surface area contributed by atoms with E-state index >= 15 is 0 Å². The van der Waals surface area contributed by atoms with Crippen LogP contribution in [0.25, 0.3) is 21.2 Å². The number of anilines is 1. The van der Waals surface area contributed by atoms with Gasteiger partial charge in [-0.05, 0) is 79.6 Å². The number of allylic oxidation sites excluding steroid dienone is 6. The van der Waals surface area contributed by atoms with Crippen LogP contribution in [0.2, 0.25) is 0 Å². The number of hydrogen-bond donors (Lipinski definition) is 3. The number of aliphatic carboxylic acids is 1. The summed E-state index contributed by atoms with van der Waals surface area (Å²) >= 11 is 1.67. The zero-order chi connectivity index (χ0) is 43.1. The number of fused-ring (bicyclic) bond motifs is 4. The summed E-state index contributed by atoms with van der Waals surface area (Å²) < 4.78 is 106. The Bertz CT molecular complexity index is 2780. The monoisotopic (exact) mass is 882 g/mol. The highest BCUT2D eigenvalue weighted by Gasteiger charge is 2.46. The summed E-state index contributed by atoms with van der Waals surface area (Å²) in [6.07, 6.45) is 11.5. The lowest BCUT2D eigenvalue weighted by atomic mass is 9.80. The number of nitrogens with zero attached hydrogens (tertiary/aromatic N) is 2. The van der Waals surface area contributed by atoms with Gasteiger partial charge in [0.2, 0.25) is 5.69 Å². The van der Waals surface area contributed by atoms with Gasteiger partial charge in [-0.2, -0.15) is 21.4 Å². The van der Waals surface area contributed by atoms with Crippen LogP contribution in [0.4, 0.5) is 11.4 Å². The van der Waals surface area contributed by atoms with Crippen molar-refractivity contribution < 1.29 is 53.4 Å². The average molecular weight is 883 g/mol. The molecule has 0 spiro atoms. The normalized spacial score (nSPS) is 17.2. The summed E-state index contributed by atoms with van der Waals surface area (Å²) in [5.74, 6) is -1.51. The minimum absolute atomic E-state index is 0.0247. The first-order valence-electron chi connectivity index (χ1n) is 18.9. The van der Waals surface area contributed by atoms with Crippen molar-refractivity contribution in [3.63, 3.8) is 0 Å². The Morgan fingerprint density at radius 1 is 0.831 bits per heavy atom. The Morgan fingerprint density at radius 2 is 1.58 bits per heavy atom. The molecule has 2 aliphatic heterocycles. The van der Waals surface area contributed by atoms with Crippen molar-refractivity contribution in [2.24, 2.45) is 0 Å². The van der Waals surface area contributed by atoms with Gasteiger partial charge in [0.15, 0.2) is 5.71 Å². The van der Waals surface area contributed by atoms with Crippen LogP contribution in [0, 0.1) is 0 Å². The molecule has 13 nitrogen and oxygen atoms in total. The predicted molar refractivity (Wildman–Crippen MR) is 228 cm³/mol. The van der Waals surface area contributed by atoms with Gasteiger partial charge in [0.25, 0.3) is 20.2 Å².